The van der Waals surface area contributed by atoms with Gasteiger partial charge in [-0.05, 0) is 18.6 Å². The molecule has 0 aliphatic carbocycles. The van der Waals surface area contributed by atoms with E-state index in [-0.39, 0.29) is 11.6 Å². The van der Waals surface area contributed by atoms with Gasteiger partial charge in [0, 0.05) is 12.6 Å². The summed E-state index contributed by atoms with van der Waals surface area (Å²) in [4.78, 5) is 4.03. The number of nitrogens with two attached hydrogens (primary N) is 1. The number of benzene rings is 1. The lowest BCUT2D eigenvalue weighted by Crippen LogP contribution is -2.36. The van der Waals surface area contributed by atoms with Crippen LogP contribution < -0.4 is 16.6 Å². The van der Waals surface area contributed by atoms with E-state index in [2.05, 4.69) is 15.7 Å². The molecule has 4 N–H and O–H groups in total. The Kier molecular flexibility index (Phi) is 4.65. The van der Waals surface area contributed by atoms with E-state index in [9.17, 15) is 8.78 Å². The van der Waals surface area contributed by atoms with Crippen LogP contribution in [0.25, 0.3) is 0 Å². The second-order valence-electron chi connectivity index (χ2n) is 3.12. The number of nitrogens with one attached hydrogen (secondary N) is 2. The van der Waals surface area contributed by atoms with Crippen LogP contribution in [0.4, 0.5) is 14.5 Å². The van der Waals surface area contributed by atoms with Crippen LogP contribution in [0.1, 0.15) is 13.3 Å². The van der Waals surface area contributed by atoms with Gasteiger partial charge in [-0.2, -0.15) is 0 Å². The van der Waals surface area contributed by atoms with Gasteiger partial charge in [0.05, 0.1) is 5.69 Å². The number of guanidine groups is 1. The van der Waals surface area contributed by atoms with Gasteiger partial charge < -0.3 is 5.32 Å². The predicted molar refractivity (Wildman–Crippen MR) is 59.9 cm³/mol. The fraction of sp³-hybridized carbons (Fsp3) is 0.300. The standard InChI is InChI=1S/C10H14F2N4/c1-2-5-14-10(16-13)15-9-4-3-7(11)6-8(9)12/h3-4,6H,2,5,13H2,1H3,(H2,14,15,16). The van der Waals surface area contributed by atoms with Crippen molar-refractivity contribution in [3.63, 3.8) is 0 Å². The molecule has 0 atom stereocenters. The van der Waals surface area contributed by atoms with Crippen LogP contribution in [-0.4, -0.2) is 12.5 Å². The summed E-state index contributed by atoms with van der Waals surface area (Å²) in [5.41, 5.74) is 2.43. The molecule has 16 heavy (non-hydrogen) atoms. The lowest BCUT2D eigenvalue weighted by atomic mass is 10.3. The van der Waals surface area contributed by atoms with Gasteiger partial charge in [0.25, 0.3) is 0 Å². The SMILES string of the molecule is CCCN=C(NN)Nc1ccc(F)cc1F. The van der Waals surface area contributed by atoms with Gasteiger partial charge in [0.1, 0.15) is 11.6 Å². The van der Waals surface area contributed by atoms with Gasteiger partial charge in [0.15, 0.2) is 0 Å². The summed E-state index contributed by atoms with van der Waals surface area (Å²) in [5, 5.41) is 2.63. The molecule has 0 aliphatic heterocycles. The molecule has 0 radical (unpaired) electrons. The maximum atomic E-state index is 13.2. The van der Waals surface area contributed by atoms with E-state index in [1.165, 1.54) is 6.07 Å². The smallest absolute Gasteiger partial charge is 0.210 e. The minimum Gasteiger partial charge on any atom is -0.323 e. The first-order valence-corrected chi connectivity index (χ1v) is 4.90. The summed E-state index contributed by atoms with van der Waals surface area (Å²) in [6, 6.07) is 3.22. The zero-order valence-electron chi connectivity index (χ0n) is 8.93. The Hall–Kier alpha value is -1.69. The van der Waals surface area contributed by atoms with E-state index in [0.717, 1.165) is 18.6 Å². The predicted octanol–water partition coefficient (Wildman–Crippen LogP) is 1.61. The van der Waals surface area contributed by atoms with Gasteiger partial charge in [0.2, 0.25) is 5.96 Å². The Morgan fingerprint density at radius 2 is 2.19 bits per heavy atom. The van der Waals surface area contributed by atoms with E-state index in [1.54, 1.807) is 0 Å². The van der Waals surface area contributed by atoms with Gasteiger partial charge in [-0.25, -0.2) is 14.6 Å². The second kappa shape index (κ2) is 6.02. The lowest BCUT2D eigenvalue weighted by molar-refractivity contribution is 0.586. The van der Waals surface area contributed by atoms with Crippen molar-refractivity contribution in [2.75, 3.05) is 11.9 Å². The van der Waals surface area contributed by atoms with E-state index < -0.39 is 11.6 Å². The summed E-state index contributed by atoms with van der Waals surface area (Å²) >= 11 is 0. The topological polar surface area (TPSA) is 62.4 Å². The molecule has 0 amide bonds. The number of aliphatic imine (C=N–C) groups is 1. The molecular formula is C10H14F2N4. The molecule has 0 aromatic heterocycles. The zero-order valence-corrected chi connectivity index (χ0v) is 8.93. The summed E-state index contributed by atoms with van der Waals surface area (Å²) < 4.78 is 25.9. The van der Waals surface area contributed by atoms with Crippen molar-refractivity contribution >= 4 is 11.6 Å². The summed E-state index contributed by atoms with van der Waals surface area (Å²) in [7, 11) is 0. The minimum absolute atomic E-state index is 0.120. The van der Waals surface area contributed by atoms with Crippen LogP contribution >= 0.6 is 0 Å². The van der Waals surface area contributed by atoms with Crippen molar-refractivity contribution in [1.82, 2.24) is 5.43 Å². The Labute approximate surface area is 92.5 Å². The zero-order chi connectivity index (χ0) is 12.0. The number of rotatable bonds is 3. The molecule has 0 unspecified atom stereocenters. The highest BCUT2D eigenvalue weighted by molar-refractivity contribution is 5.93. The number of hydrogen-bond acceptors (Lipinski definition) is 2. The first kappa shape index (κ1) is 12.4. The van der Waals surface area contributed by atoms with Crippen molar-refractivity contribution < 1.29 is 8.78 Å². The average molecular weight is 228 g/mol. The van der Waals surface area contributed by atoms with E-state index in [4.69, 9.17) is 5.84 Å². The molecule has 0 heterocycles. The molecule has 0 saturated carbocycles. The maximum absolute atomic E-state index is 13.2. The monoisotopic (exact) mass is 228 g/mol. The lowest BCUT2D eigenvalue weighted by Gasteiger charge is -2.09. The summed E-state index contributed by atoms with van der Waals surface area (Å²) in [6.45, 7) is 2.52. The average Bonchev–Trinajstić information content (AvgIpc) is 2.27. The Morgan fingerprint density at radius 3 is 2.75 bits per heavy atom. The van der Waals surface area contributed by atoms with Gasteiger partial charge in [-0.3, -0.25) is 10.4 Å². The van der Waals surface area contributed by atoms with Crippen LogP contribution in [0.15, 0.2) is 23.2 Å². The molecule has 0 spiro atoms. The number of anilines is 1. The highest BCUT2D eigenvalue weighted by atomic mass is 19.1. The third kappa shape index (κ3) is 3.47. The van der Waals surface area contributed by atoms with E-state index >= 15 is 0 Å². The fourth-order valence-electron chi connectivity index (χ4n) is 1.06. The Bertz CT molecular complexity index is 379. The fourth-order valence-corrected chi connectivity index (χ4v) is 1.06. The molecule has 0 fully saturated rings. The molecule has 6 heteroatoms. The highest BCUT2D eigenvalue weighted by Crippen LogP contribution is 2.14. The molecular weight excluding hydrogens is 214 g/mol. The molecule has 1 rings (SSSR count). The van der Waals surface area contributed by atoms with Gasteiger partial charge in [-0.1, -0.05) is 6.92 Å². The number of hydrogen-bond donors (Lipinski definition) is 3. The summed E-state index contributed by atoms with van der Waals surface area (Å²) in [5.74, 6) is 4.12. The number of halogens is 2. The molecule has 88 valence electrons. The quantitative estimate of drug-likeness (QED) is 0.319. The van der Waals surface area contributed by atoms with Crippen LogP contribution in [-0.2, 0) is 0 Å². The molecule has 0 bridgehead atoms. The maximum Gasteiger partial charge on any atom is 0.210 e. The number of nitrogens with zero attached hydrogens (tertiary/aromatic N) is 1. The number of hydrazine groups is 1. The third-order valence-electron chi connectivity index (χ3n) is 1.81. The molecule has 4 nitrogen and oxygen atoms in total. The molecule has 1 aromatic carbocycles. The van der Waals surface area contributed by atoms with Crippen LogP contribution in [0.5, 0.6) is 0 Å². The van der Waals surface area contributed by atoms with Crippen molar-refractivity contribution in [1.29, 1.82) is 0 Å². The molecule has 1 aromatic rings. The Balaban J connectivity index is 2.78. The van der Waals surface area contributed by atoms with Crippen molar-refractivity contribution in [3.05, 3.63) is 29.8 Å². The summed E-state index contributed by atoms with van der Waals surface area (Å²) in [6.07, 6.45) is 0.846. The molecule has 0 aliphatic rings. The molecule has 0 saturated heterocycles. The largest absolute Gasteiger partial charge is 0.323 e. The van der Waals surface area contributed by atoms with E-state index in [0.29, 0.717) is 6.54 Å². The normalized spacial score (nSPS) is 11.4. The highest BCUT2D eigenvalue weighted by Gasteiger charge is 2.05. The van der Waals surface area contributed by atoms with Crippen molar-refractivity contribution in [2.45, 2.75) is 13.3 Å². The van der Waals surface area contributed by atoms with Crippen LogP contribution in [0.3, 0.4) is 0 Å². The minimum atomic E-state index is -0.695. The first-order valence-electron chi connectivity index (χ1n) is 4.90. The third-order valence-corrected chi connectivity index (χ3v) is 1.81. The first-order chi connectivity index (χ1) is 7.67. The second-order valence-corrected chi connectivity index (χ2v) is 3.12. The van der Waals surface area contributed by atoms with E-state index in [1.807, 2.05) is 6.92 Å². The van der Waals surface area contributed by atoms with Crippen molar-refractivity contribution in [2.24, 2.45) is 10.8 Å². The van der Waals surface area contributed by atoms with Crippen LogP contribution in [0, 0.1) is 11.6 Å². The van der Waals surface area contributed by atoms with Gasteiger partial charge >= 0.3 is 0 Å². The van der Waals surface area contributed by atoms with Crippen LogP contribution in [0.2, 0.25) is 0 Å². The van der Waals surface area contributed by atoms with Gasteiger partial charge in [-0.15, -0.1) is 0 Å². The van der Waals surface area contributed by atoms with Crippen molar-refractivity contribution in [3.8, 4) is 0 Å². The Morgan fingerprint density at radius 1 is 1.44 bits per heavy atom.